The van der Waals surface area contributed by atoms with Gasteiger partial charge in [-0.15, -0.1) is 0 Å². The first-order valence-electron chi connectivity index (χ1n) is 8.17. The van der Waals surface area contributed by atoms with Gasteiger partial charge in [0.2, 0.25) is 0 Å². The van der Waals surface area contributed by atoms with Crippen LogP contribution < -0.4 is 0 Å². The van der Waals surface area contributed by atoms with Gasteiger partial charge in [0.05, 0.1) is 6.42 Å². The average Bonchev–Trinajstić information content (AvgIpc) is 2.85. The average molecular weight is 357 g/mol. The fourth-order valence-electron chi connectivity index (χ4n) is 3.21. The second-order valence-electron chi connectivity index (χ2n) is 6.19. The Morgan fingerprint density at radius 2 is 1.84 bits per heavy atom. The van der Waals surface area contributed by atoms with Gasteiger partial charge in [-0.1, -0.05) is 24.3 Å². The lowest BCUT2D eigenvalue weighted by Crippen LogP contribution is -2.08. The molecule has 1 N–H and O–H groups in total. The zero-order chi connectivity index (χ0) is 18.0. The number of aliphatic carboxylic acids is 1. The van der Waals surface area contributed by atoms with Crippen molar-refractivity contribution in [1.82, 2.24) is 4.57 Å². The van der Waals surface area contributed by atoms with Gasteiger partial charge in [0.15, 0.2) is 0 Å². The minimum Gasteiger partial charge on any atom is -0.481 e. The predicted octanol–water partition coefficient (Wildman–Crippen LogP) is 4.58. The highest BCUT2D eigenvalue weighted by Gasteiger charge is 2.16. The minimum absolute atomic E-state index is 0.0538. The van der Waals surface area contributed by atoms with E-state index < -0.39 is 5.97 Å². The standard InChI is InChI=1S/C20H20FNO2S/c1-13-17-10-16(21)6-7-19(17)22(18(13)8-9-20(23)24)11-14-2-4-15(12-25)5-3-14/h2-7,10,25H,8-9,11-12H2,1H3,(H,23,24). The highest BCUT2D eigenvalue weighted by Crippen LogP contribution is 2.28. The summed E-state index contributed by atoms with van der Waals surface area (Å²) in [5.74, 6) is -0.425. The summed E-state index contributed by atoms with van der Waals surface area (Å²) in [5.41, 5.74) is 5.08. The van der Waals surface area contributed by atoms with Crippen molar-refractivity contribution in [2.45, 2.75) is 32.1 Å². The van der Waals surface area contributed by atoms with Gasteiger partial charge in [-0.05, 0) is 48.2 Å². The number of carboxylic acids is 1. The van der Waals surface area contributed by atoms with Crippen LogP contribution in [-0.4, -0.2) is 15.6 Å². The van der Waals surface area contributed by atoms with Crippen molar-refractivity contribution in [2.24, 2.45) is 0 Å². The van der Waals surface area contributed by atoms with Crippen LogP contribution in [0.3, 0.4) is 0 Å². The summed E-state index contributed by atoms with van der Waals surface area (Å²) in [6.07, 6.45) is 0.477. The SMILES string of the molecule is Cc1c(CCC(=O)O)n(Cc2ccc(CS)cc2)c2ccc(F)cc12. The van der Waals surface area contributed by atoms with Gasteiger partial charge in [-0.25, -0.2) is 4.39 Å². The van der Waals surface area contributed by atoms with Crippen LogP contribution in [0.4, 0.5) is 4.39 Å². The Morgan fingerprint density at radius 1 is 1.16 bits per heavy atom. The molecule has 130 valence electrons. The third kappa shape index (κ3) is 3.71. The van der Waals surface area contributed by atoms with Gasteiger partial charge in [-0.2, -0.15) is 12.6 Å². The van der Waals surface area contributed by atoms with E-state index in [1.807, 2.05) is 19.1 Å². The summed E-state index contributed by atoms with van der Waals surface area (Å²) in [7, 11) is 0. The van der Waals surface area contributed by atoms with E-state index in [9.17, 15) is 9.18 Å². The van der Waals surface area contributed by atoms with E-state index in [0.29, 0.717) is 18.7 Å². The van der Waals surface area contributed by atoms with E-state index in [1.54, 1.807) is 6.07 Å². The van der Waals surface area contributed by atoms with Crippen molar-refractivity contribution in [3.63, 3.8) is 0 Å². The van der Waals surface area contributed by atoms with Crippen LogP contribution in [0.15, 0.2) is 42.5 Å². The number of hydrogen-bond donors (Lipinski definition) is 2. The van der Waals surface area contributed by atoms with E-state index in [2.05, 4.69) is 29.3 Å². The van der Waals surface area contributed by atoms with E-state index >= 15 is 0 Å². The Morgan fingerprint density at radius 3 is 2.48 bits per heavy atom. The molecule has 1 heterocycles. The Kier molecular flexibility index (Phi) is 5.13. The van der Waals surface area contributed by atoms with E-state index in [0.717, 1.165) is 33.3 Å². The number of halogens is 1. The highest BCUT2D eigenvalue weighted by atomic mass is 32.1. The maximum absolute atomic E-state index is 13.7. The number of carbonyl (C=O) groups is 1. The van der Waals surface area contributed by atoms with Crippen LogP contribution in [0.25, 0.3) is 10.9 Å². The normalized spacial score (nSPS) is 11.2. The van der Waals surface area contributed by atoms with E-state index in [1.165, 1.54) is 12.1 Å². The zero-order valence-corrected chi connectivity index (χ0v) is 14.9. The van der Waals surface area contributed by atoms with Crippen molar-refractivity contribution in [1.29, 1.82) is 0 Å². The number of aromatic nitrogens is 1. The van der Waals surface area contributed by atoms with Crippen LogP contribution in [0.2, 0.25) is 0 Å². The first kappa shape index (κ1) is 17.5. The maximum atomic E-state index is 13.7. The molecule has 0 aliphatic heterocycles. The number of thiol groups is 1. The predicted molar refractivity (Wildman–Crippen MR) is 101 cm³/mol. The van der Waals surface area contributed by atoms with Crippen molar-refractivity contribution in [3.8, 4) is 0 Å². The lowest BCUT2D eigenvalue weighted by atomic mass is 10.1. The Bertz CT molecular complexity index is 916. The second kappa shape index (κ2) is 7.31. The summed E-state index contributed by atoms with van der Waals surface area (Å²) in [4.78, 5) is 11.0. The Labute approximate surface area is 151 Å². The van der Waals surface area contributed by atoms with Gasteiger partial charge >= 0.3 is 5.97 Å². The van der Waals surface area contributed by atoms with Crippen molar-refractivity contribution in [2.75, 3.05) is 0 Å². The lowest BCUT2D eigenvalue weighted by molar-refractivity contribution is -0.136. The molecule has 0 aliphatic carbocycles. The third-order valence-corrected chi connectivity index (χ3v) is 4.90. The number of aryl methyl sites for hydroxylation is 1. The van der Waals surface area contributed by atoms with Gasteiger partial charge in [0.1, 0.15) is 5.82 Å². The fraction of sp³-hybridized carbons (Fsp3) is 0.250. The van der Waals surface area contributed by atoms with Crippen LogP contribution in [0.5, 0.6) is 0 Å². The highest BCUT2D eigenvalue weighted by molar-refractivity contribution is 7.79. The number of rotatable bonds is 6. The summed E-state index contributed by atoms with van der Waals surface area (Å²) in [6, 6.07) is 12.9. The van der Waals surface area contributed by atoms with Gasteiger partial charge in [0, 0.05) is 28.9 Å². The summed E-state index contributed by atoms with van der Waals surface area (Å²) < 4.78 is 15.8. The molecule has 0 radical (unpaired) electrons. The largest absolute Gasteiger partial charge is 0.481 e. The molecule has 0 bridgehead atoms. The van der Waals surface area contributed by atoms with Crippen molar-refractivity contribution >= 4 is 29.5 Å². The molecule has 5 heteroatoms. The molecule has 0 atom stereocenters. The Hall–Kier alpha value is -2.27. The first-order valence-corrected chi connectivity index (χ1v) is 8.80. The minimum atomic E-state index is -0.833. The number of hydrogen-bond acceptors (Lipinski definition) is 2. The summed E-state index contributed by atoms with van der Waals surface area (Å²) >= 11 is 4.27. The molecule has 0 saturated carbocycles. The first-order chi connectivity index (χ1) is 12.0. The molecule has 0 spiro atoms. The third-order valence-electron chi connectivity index (χ3n) is 4.53. The van der Waals surface area contributed by atoms with Gasteiger partial charge in [0.25, 0.3) is 0 Å². The van der Waals surface area contributed by atoms with E-state index in [-0.39, 0.29) is 12.2 Å². The molecule has 0 fully saturated rings. The molecule has 25 heavy (non-hydrogen) atoms. The quantitative estimate of drug-likeness (QED) is 0.634. The van der Waals surface area contributed by atoms with Crippen LogP contribution in [0.1, 0.15) is 28.8 Å². The number of benzene rings is 2. The monoisotopic (exact) mass is 357 g/mol. The lowest BCUT2D eigenvalue weighted by Gasteiger charge is -2.12. The topological polar surface area (TPSA) is 42.2 Å². The summed E-state index contributed by atoms with van der Waals surface area (Å²) in [6.45, 7) is 2.55. The molecular formula is C20H20FNO2S. The molecule has 1 aromatic heterocycles. The number of fused-ring (bicyclic) bond motifs is 1. The van der Waals surface area contributed by atoms with Gasteiger partial charge in [-0.3, -0.25) is 4.79 Å². The van der Waals surface area contributed by atoms with Crippen LogP contribution in [-0.2, 0) is 23.5 Å². The molecule has 0 saturated heterocycles. The van der Waals surface area contributed by atoms with Gasteiger partial charge < -0.3 is 9.67 Å². The van der Waals surface area contributed by atoms with Crippen molar-refractivity contribution < 1.29 is 14.3 Å². The molecule has 3 nitrogen and oxygen atoms in total. The maximum Gasteiger partial charge on any atom is 0.303 e. The zero-order valence-electron chi connectivity index (χ0n) is 14.0. The molecule has 3 rings (SSSR count). The summed E-state index contributed by atoms with van der Waals surface area (Å²) in [5, 5.41) is 9.89. The molecule has 0 amide bonds. The molecule has 3 aromatic rings. The number of carboxylic acid groups (broad SMARTS) is 1. The number of nitrogens with zero attached hydrogens (tertiary/aromatic N) is 1. The van der Waals surface area contributed by atoms with Crippen molar-refractivity contribution in [3.05, 3.63) is 70.7 Å². The Balaban J connectivity index is 2.06. The fourth-order valence-corrected chi connectivity index (χ4v) is 3.42. The molecule has 2 aromatic carbocycles. The van der Waals surface area contributed by atoms with Crippen LogP contribution in [0, 0.1) is 12.7 Å². The van der Waals surface area contributed by atoms with E-state index in [4.69, 9.17) is 5.11 Å². The molecular weight excluding hydrogens is 337 g/mol. The molecule has 0 unspecified atom stereocenters. The molecule has 0 aliphatic rings. The smallest absolute Gasteiger partial charge is 0.303 e. The second-order valence-corrected chi connectivity index (χ2v) is 6.50. The van der Waals surface area contributed by atoms with Crippen LogP contribution >= 0.6 is 12.6 Å².